The fourth-order valence-electron chi connectivity index (χ4n) is 1.79. The largest absolute Gasteiger partial charge is 0.457 e. The highest BCUT2D eigenvalue weighted by Crippen LogP contribution is 2.29. The number of nitrogens with one attached hydrogen (secondary N) is 1. The van der Waals surface area contributed by atoms with Gasteiger partial charge < -0.3 is 10.1 Å². The molecule has 0 aliphatic rings. The predicted molar refractivity (Wildman–Crippen MR) is 87.2 cm³/mol. The van der Waals surface area contributed by atoms with Gasteiger partial charge in [0.1, 0.15) is 17.3 Å². The first-order valence-corrected chi connectivity index (χ1v) is 7.60. The summed E-state index contributed by atoms with van der Waals surface area (Å²) in [6, 6.07) is 12.0. The Morgan fingerprint density at radius 1 is 1.14 bits per heavy atom. The zero-order valence-corrected chi connectivity index (χ0v) is 14.0. The minimum atomic E-state index is -0.308. The monoisotopic (exact) mass is 351 g/mol. The van der Waals surface area contributed by atoms with Crippen molar-refractivity contribution in [3.63, 3.8) is 0 Å². The van der Waals surface area contributed by atoms with Gasteiger partial charge >= 0.3 is 0 Å². The Kier molecular flexibility index (Phi) is 5.01. The molecule has 0 radical (unpaired) electrons. The summed E-state index contributed by atoms with van der Waals surface area (Å²) < 4.78 is 20.0. The number of hydrogen-bond acceptors (Lipinski definition) is 2. The predicted octanol–water partition coefficient (Wildman–Crippen LogP) is 5.27. The van der Waals surface area contributed by atoms with Crippen LogP contribution in [0.3, 0.4) is 0 Å². The van der Waals surface area contributed by atoms with Crippen LogP contribution >= 0.6 is 15.9 Å². The Morgan fingerprint density at radius 2 is 1.90 bits per heavy atom. The van der Waals surface area contributed by atoms with E-state index in [0.717, 1.165) is 10.0 Å². The van der Waals surface area contributed by atoms with Crippen LogP contribution in [0.5, 0.6) is 11.5 Å². The molecular weight excluding hydrogens is 333 g/mol. The van der Waals surface area contributed by atoms with Gasteiger partial charge in [-0.15, -0.1) is 0 Å². The SMILES string of the molecule is CC(C)(C)NCc1ccc(Br)cc1Oc1cccc(F)c1. The molecule has 2 nitrogen and oxygen atoms in total. The highest BCUT2D eigenvalue weighted by molar-refractivity contribution is 9.10. The van der Waals surface area contributed by atoms with Gasteiger partial charge in [0.05, 0.1) is 0 Å². The van der Waals surface area contributed by atoms with E-state index in [1.807, 2.05) is 18.2 Å². The molecule has 0 atom stereocenters. The first-order chi connectivity index (χ1) is 9.83. The Bertz CT molecular complexity index is 622. The molecule has 0 heterocycles. The van der Waals surface area contributed by atoms with Crippen LogP contribution in [-0.4, -0.2) is 5.54 Å². The van der Waals surface area contributed by atoms with Crippen molar-refractivity contribution in [3.05, 3.63) is 58.3 Å². The highest BCUT2D eigenvalue weighted by atomic mass is 79.9. The fraction of sp³-hybridized carbons (Fsp3) is 0.294. The summed E-state index contributed by atoms with van der Waals surface area (Å²) in [5, 5.41) is 3.43. The van der Waals surface area contributed by atoms with Crippen molar-refractivity contribution in [2.75, 3.05) is 0 Å². The second-order valence-corrected chi connectivity index (χ2v) is 6.83. The molecule has 0 fully saturated rings. The van der Waals surface area contributed by atoms with Gasteiger partial charge in [-0.3, -0.25) is 0 Å². The lowest BCUT2D eigenvalue weighted by molar-refractivity contribution is 0.413. The van der Waals surface area contributed by atoms with Crippen LogP contribution in [0.15, 0.2) is 46.9 Å². The second-order valence-electron chi connectivity index (χ2n) is 5.92. The smallest absolute Gasteiger partial charge is 0.133 e. The van der Waals surface area contributed by atoms with Crippen molar-refractivity contribution in [3.8, 4) is 11.5 Å². The molecule has 0 spiro atoms. The summed E-state index contributed by atoms with van der Waals surface area (Å²) in [6.07, 6.45) is 0. The van der Waals surface area contributed by atoms with E-state index < -0.39 is 0 Å². The van der Waals surface area contributed by atoms with Crippen molar-refractivity contribution in [2.45, 2.75) is 32.9 Å². The van der Waals surface area contributed by atoms with E-state index in [4.69, 9.17) is 4.74 Å². The van der Waals surface area contributed by atoms with Crippen molar-refractivity contribution in [2.24, 2.45) is 0 Å². The molecule has 0 aromatic heterocycles. The quantitative estimate of drug-likeness (QED) is 0.810. The van der Waals surface area contributed by atoms with Crippen LogP contribution < -0.4 is 10.1 Å². The minimum absolute atomic E-state index is 0.0171. The van der Waals surface area contributed by atoms with E-state index in [9.17, 15) is 4.39 Å². The molecule has 0 bridgehead atoms. The molecular formula is C17H19BrFNO. The molecule has 0 aliphatic heterocycles. The van der Waals surface area contributed by atoms with Crippen molar-refractivity contribution >= 4 is 15.9 Å². The average Bonchev–Trinajstić information content (AvgIpc) is 2.36. The first-order valence-electron chi connectivity index (χ1n) is 6.80. The van der Waals surface area contributed by atoms with Crippen molar-refractivity contribution < 1.29 is 9.13 Å². The number of hydrogen-bond donors (Lipinski definition) is 1. The summed E-state index contributed by atoms with van der Waals surface area (Å²) in [4.78, 5) is 0. The second kappa shape index (κ2) is 6.58. The number of benzene rings is 2. The van der Waals surface area contributed by atoms with E-state index in [1.54, 1.807) is 12.1 Å². The third kappa shape index (κ3) is 5.14. The first kappa shape index (κ1) is 16.0. The molecule has 0 saturated carbocycles. The maximum Gasteiger partial charge on any atom is 0.133 e. The van der Waals surface area contributed by atoms with Crippen LogP contribution in [0.2, 0.25) is 0 Å². The van der Waals surface area contributed by atoms with Crippen LogP contribution in [0.4, 0.5) is 4.39 Å². The molecule has 0 aliphatic carbocycles. The molecule has 112 valence electrons. The normalized spacial score (nSPS) is 11.5. The summed E-state index contributed by atoms with van der Waals surface area (Å²) in [5.74, 6) is 0.897. The van der Waals surface area contributed by atoms with Crippen LogP contribution in [0.25, 0.3) is 0 Å². The van der Waals surface area contributed by atoms with Gasteiger partial charge in [-0.05, 0) is 45.0 Å². The summed E-state index contributed by atoms with van der Waals surface area (Å²) in [7, 11) is 0. The summed E-state index contributed by atoms with van der Waals surface area (Å²) >= 11 is 3.44. The zero-order valence-electron chi connectivity index (χ0n) is 12.4. The maximum absolute atomic E-state index is 13.3. The maximum atomic E-state index is 13.3. The molecule has 1 N–H and O–H groups in total. The Morgan fingerprint density at radius 3 is 2.57 bits per heavy atom. The van der Waals surface area contributed by atoms with E-state index in [1.165, 1.54) is 12.1 Å². The average molecular weight is 352 g/mol. The van der Waals surface area contributed by atoms with E-state index in [-0.39, 0.29) is 11.4 Å². The van der Waals surface area contributed by atoms with Gasteiger partial charge in [-0.1, -0.05) is 28.1 Å². The van der Waals surface area contributed by atoms with Gasteiger partial charge in [-0.25, -0.2) is 4.39 Å². The molecule has 21 heavy (non-hydrogen) atoms. The van der Waals surface area contributed by atoms with Gasteiger partial charge in [0.2, 0.25) is 0 Å². The topological polar surface area (TPSA) is 21.3 Å². The lowest BCUT2D eigenvalue weighted by Crippen LogP contribution is -2.35. The molecule has 2 rings (SSSR count). The standard InChI is InChI=1S/C17H19BrFNO/c1-17(2,3)20-11-12-7-8-13(18)9-16(12)21-15-6-4-5-14(19)10-15/h4-10,20H,11H2,1-3H3. The third-order valence-corrected chi connectivity index (χ3v) is 3.36. The molecule has 0 unspecified atom stereocenters. The molecule has 4 heteroatoms. The Balaban J connectivity index is 2.23. The molecule has 0 amide bonds. The van der Waals surface area contributed by atoms with E-state index in [2.05, 4.69) is 42.0 Å². The van der Waals surface area contributed by atoms with Crippen LogP contribution in [0.1, 0.15) is 26.3 Å². The molecule has 0 saturated heterocycles. The van der Waals surface area contributed by atoms with Gasteiger partial charge in [0.25, 0.3) is 0 Å². The molecule has 2 aromatic rings. The fourth-order valence-corrected chi connectivity index (χ4v) is 2.13. The Labute approximate surface area is 133 Å². The zero-order chi connectivity index (χ0) is 15.5. The van der Waals surface area contributed by atoms with Gasteiger partial charge in [0, 0.05) is 28.2 Å². The number of halogens is 2. The van der Waals surface area contributed by atoms with Gasteiger partial charge in [-0.2, -0.15) is 0 Å². The Hall–Kier alpha value is -1.39. The number of ether oxygens (including phenoxy) is 1. The minimum Gasteiger partial charge on any atom is -0.457 e. The highest BCUT2D eigenvalue weighted by Gasteiger charge is 2.12. The van der Waals surface area contributed by atoms with Crippen molar-refractivity contribution in [1.82, 2.24) is 5.32 Å². The summed E-state index contributed by atoms with van der Waals surface area (Å²) in [5.41, 5.74) is 1.04. The summed E-state index contributed by atoms with van der Waals surface area (Å²) in [6.45, 7) is 7.01. The van der Waals surface area contributed by atoms with E-state index in [0.29, 0.717) is 18.0 Å². The third-order valence-electron chi connectivity index (χ3n) is 2.86. The van der Waals surface area contributed by atoms with Gasteiger partial charge in [0.15, 0.2) is 0 Å². The number of rotatable bonds is 4. The molecule has 2 aromatic carbocycles. The lowest BCUT2D eigenvalue weighted by Gasteiger charge is -2.21. The van der Waals surface area contributed by atoms with E-state index >= 15 is 0 Å². The van der Waals surface area contributed by atoms with Crippen molar-refractivity contribution in [1.29, 1.82) is 0 Å². The van der Waals surface area contributed by atoms with Crippen LogP contribution in [-0.2, 0) is 6.54 Å². The lowest BCUT2D eigenvalue weighted by atomic mass is 10.1. The van der Waals surface area contributed by atoms with Crippen LogP contribution in [0, 0.1) is 5.82 Å².